The first-order chi connectivity index (χ1) is 11.1. The summed E-state index contributed by atoms with van der Waals surface area (Å²) in [5.74, 6) is -0.535. The molecule has 0 bridgehead atoms. The van der Waals surface area contributed by atoms with Crippen LogP contribution in [-0.4, -0.2) is 33.4 Å². The maximum Gasteiger partial charge on any atom is 0.337 e. The van der Waals surface area contributed by atoms with Gasteiger partial charge in [-0.25, -0.2) is 9.78 Å². The van der Waals surface area contributed by atoms with Gasteiger partial charge in [-0.2, -0.15) is 0 Å². The van der Waals surface area contributed by atoms with E-state index < -0.39 is 5.97 Å². The molecule has 0 aliphatic carbocycles. The Morgan fingerprint density at radius 3 is 2.87 bits per heavy atom. The third-order valence-electron chi connectivity index (χ3n) is 3.25. The van der Waals surface area contributed by atoms with E-state index in [9.17, 15) is 9.59 Å². The number of rotatable bonds is 6. The van der Waals surface area contributed by atoms with Crippen LogP contribution in [0, 0.1) is 0 Å². The number of fused-ring (bicyclic) bond motifs is 1. The molecule has 0 spiro atoms. The smallest absolute Gasteiger partial charge is 0.337 e. The van der Waals surface area contributed by atoms with Crippen molar-refractivity contribution in [1.82, 2.24) is 15.3 Å². The van der Waals surface area contributed by atoms with Gasteiger partial charge in [0.25, 0.3) is 0 Å². The molecule has 0 saturated heterocycles. The van der Waals surface area contributed by atoms with Crippen molar-refractivity contribution >= 4 is 45.7 Å². The maximum absolute atomic E-state index is 12.0. The Morgan fingerprint density at radius 2 is 2.17 bits per heavy atom. The number of imidazole rings is 1. The van der Waals surface area contributed by atoms with Crippen LogP contribution in [0.2, 0.25) is 5.02 Å². The fourth-order valence-electron chi connectivity index (χ4n) is 2.21. The monoisotopic (exact) mass is 349 g/mol. The van der Waals surface area contributed by atoms with E-state index in [1.165, 1.54) is 17.4 Å². The lowest BCUT2D eigenvalue weighted by Crippen LogP contribution is -2.22. The van der Waals surface area contributed by atoms with Gasteiger partial charge in [0.2, 0.25) is 0 Å². The summed E-state index contributed by atoms with van der Waals surface area (Å²) in [5.41, 5.74) is 1.22. The molecule has 3 N–H and O–H groups in total. The average molecular weight is 350 g/mol. The second kappa shape index (κ2) is 6.49. The summed E-state index contributed by atoms with van der Waals surface area (Å²) in [4.78, 5) is 31.0. The van der Waals surface area contributed by atoms with Gasteiger partial charge in [-0.15, -0.1) is 11.3 Å². The van der Waals surface area contributed by atoms with Gasteiger partial charge in [-0.3, -0.25) is 4.79 Å². The predicted molar refractivity (Wildman–Crippen MR) is 88.4 cm³/mol. The molecule has 1 aromatic carbocycles. The SMILES string of the molecule is O=C(CNCc1nc2cccc(C(=O)O)c2[nH]1)c1sccc1Cl. The number of carbonyl (C=O) groups is 2. The molecule has 2 aromatic heterocycles. The number of benzene rings is 1. The molecule has 3 aromatic rings. The molecule has 0 amide bonds. The van der Waals surface area contributed by atoms with E-state index >= 15 is 0 Å². The zero-order chi connectivity index (χ0) is 16.4. The Bertz CT molecular complexity index is 887. The first-order valence-corrected chi connectivity index (χ1v) is 8.00. The first kappa shape index (κ1) is 15.7. The standard InChI is InChI=1S/C15H12ClN3O3S/c16-9-4-5-23-14(9)11(20)6-17-7-12-18-10-3-1-2-8(15(21)22)13(10)19-12/h1-5,17H,6-7H2,(H,18,19)(H,21,22). The van der Waals surface area contributed by atoms with Crippen molar-refractivity contribution in [2.45, 2.75) is 6.54 Å². The highest BCUT2D eigenvalue weighted by Crippen LogP contribution is 2.22. The van der Waals surface area contributed by atoms with Crippen molar-refractivity contribution in [3.8, 4) is 0 Å². The van der Waals surface area contributed by atoms with Gasteiger partial charge in [0, 0.05) is 0 Å². The van der Waals surface area contributed by atoms with E-state index in [4.69, 9.17) is 16.7 Å². The lowest BCUT2D eigenvalue weighted by molar-refractivity contribution is 0.0698. The highest BCUT2D eigenvalue weighted by molar-refractivity contribution is 7.12. The molecule has 23 heavy (non-hydrogen) atoms. The van der Waals surface area contributed by atoms with Gasteiger partial charge >= 0.3 is 5.97 Å². The first-order valence-electron chi connectivity index (χ1n) is 6.74. The number of carbonyl (C=O) groups excluding carboxylic acids is 1. The van der Waals surface area contributed by atoms with E-state index in [0.29, 0.717) is 33.3 Å². The van der Waals surface area contributed by atoms with Crippen molar-refractivity contribution < 1.29 is 14.7 Å². The maximum atomic E-state index is 12.0. The lowest BCUT2D eigenvalue weighted by Gasteiger charge is -2.01. The molecule has 6 nitrogen and oxygen atoms in total. The van der Waals surface area contributed by atoms with E-state index in [1.54, 1.807) is 23.6 Å². The molecular formula is C15H12ClN3O3S. The van der Waals surface area contributed by atoms with Gasteiger partial charge in [0.1, 0.15) is 5.82 Å². The number of Topliss-reactive ketones (excluding diaryl/α,β-unsaturated/α-hetero) is 1. The number of para-hydroxylation sites is 1. The number of aromatic carboxylic acids is 1. The number of nitrogens with one attached hydrogen (secondary N) is 2. The Balaban J connectivity index is 1.68. The van der Waals surface area contributed by atoms with Crippen LogP contribution >= 0.6 is 22.9 Å². The second-order valence-electron chi connectivity index (χ2n) is 4.81. The number of H-pyrrole nitrogens is 1. The summed E-state index contributed by atoms with van der Waals surface area (Å²) in [6, 6.07) is 6.58. The van der Waals surface area contributed by atoms with Crippen LogP contribution in [0.1, 0.15) is 25.9 Å². The zero-order valence-electron chi connectivity index (χ0n) is 11.8. The fraction of sp³-hybridized carbons (Fsp3) is 0.133. The quantitative estimate of drug-likeness (QED) is 0.595. The largest absolute Gasteiger partial charge is 0.478 e. The van der Waals surface area contributed by atoms with Crippen LogP contribution in [0.5, 0.6) is 0 Å². The van der Waals surface area contributed by atoms with Gasteiger partial charge < -0.3 is 15.4 Å². The highest BCUT2D eigenvalue weighted by atomic mass is 35.5. The number of aromatic amines is 1. The molecular weight excluding hydrogens is 338 g/mol. The molecule has 3 rings (SSSR count). The molecule has 8 heteroatoms. The molecule has 118 valence electrons. The van der Waals surface area contributed by atoms with Gasteiger partial charge in [0.05, 0.1) is 39.6 Å². The van der Waals surface area contributed by atoms with Crippen LogP contribution in [0.15, 0.2) is 29.6 Å². The van der Waals surface area contributed by atoms with Crippen LogP contribution in [0.3, 0.4) is 0 Å². The van der Waals surface area contributed by atoms with Gasteiger partial charge in [0.15, 0.2) is 5.78 Å². The molecule has 0 atom stereocenters. The van der Waals surface area contributed by atoms with Crippen LogP contribution in [-0.2, 0) is 6.54 Å². The summed E-state index contributed by atoms with van der Waals surface area (Å²) < 4.78 is 0. The van der Waals surface area contributed by atoms with E-state index in [-0.39, 0.29) is 17.9 Å². The van der Waals surface area contributed by atoms with Crippen LogP contribution in [0.4, 0.5) is 0 Å². The van der Waals surface area contributed by atoms with E-state index in [2.05, 4.69) is 15.3 Å². The van der Waals surface area contributed by atoms with Crippen molar-refractivity contribution in [2.75, 3.05) is 6.54 Å². The zero-order valence-corrected chi connectivity index (χ0v) is 13.4. The van der Waals surface area contributed by atoms with E-state index in [1.807, 2.05) is 0 Å². The van der Waals surface area contributed by atoms with Crippen molar-refractivity contribution in [3.63, 3.8) is 0 Å². The van der Waals surface area contributed by atoms with Crippen molar-refractivity contribution in [3.05, 3.63) is 50.9 Å². The number of ketones is 1. The molecule has 0 unspecified atom stereocenters. The van der Waals surface area contributed by atoms with Crippen LogP contribution < -0.4 is 5.32 Å². The number of carboxylic acids is 1. The van der Waals surface area contributed by atoms with Gasteiger partial charge in [-0.1, -0.05) is 17.7 Å². The molecule has 0 aliphatic rings. The minimum atomic E-state index is -1.01. The molecule has 0 radical (unpaired) electrons. The molecule has 2 heterocycles. The number of aromatic nitrogens is 2. The topological polar surface area (TPSA) is 95.1 Å². The van der Waals surface area contributed by atoms with Gasteiger partial charge in [-0.05, 0) is 23.6 Å². The number of carboxylic acid groups (broad SMARTS) is 1. The summed E-state index contributed by atoms with van der Waals surface area (Å²) in [7, 11) is 0. The minimum absolute atomic E-state index is 0.0904. The van der Waals surface area contributed by atoms with Crippen molar-refractivity contribution in [1.29, 1.82) is 0 Å². The minimum Gasteiger partial charge on any atom is -0.478 e. The number of thiophene rings is 1. The normalized spacial score (nSPS) is 11.0. The second-order valence-corrected chi connectivity index (χ2v) is 6.14. The number of nitrogens with zero attached hydrogens (tertiary/aromatic N) is 1. The lowest BCUT2D eigenvalue weighted by atomic mass is 10.2. The fourth-order valence-corrected chi connectivity index (χ4v) is 3.31. The third kappa shape index (κ3) is 3.26. The summed E-state index contributed by atoms with van der Waals surface area (Å²) in [6.45, 7) is 0.450. The van der Waals surface area contributed by atoms with E-state index in [0.717, 1.165) is 0 Å². The molecule has 0 fully saturated rings. The number of hydrogen-bond acceptors (Lipinski definition) is 5. The predicted octanol–water partition coefficient (Wildman–Crippen LogP) is 2.95. The third-order valence-corrected chi connectivity index (χ3v) is 4.63. The van der Waals surface area contributed by atoms with Crippen LogP contribution in [0.25, 0.3) is 11.0 Å². The Hall–Kier alpha value is -2.22. The molecule has 0 aliphatic heterocycles. The Labute approximate surface area is 140 Å². The number of hydrogen-bond donors (Lipinski definition) is 3. The number of halogens is 1. The summed E-state index contributed by atoms with van der Waals surface area (Å²) >= 11 is 7.22. The van der Waals surface area contributed by atoms with Crippen molar-refractivity contribution in [2.24, 2.45) is 0 Å². The average Bonchev–Trinajstić information content (AvgIpc) is 3.11. The summed E-state index contributed by atoms with van der Waals surface area (Å²) in [5, 5.41) is 14.4. The highest BCUT2D eigenvalue weighted by Gasteiger charge is 2.13. The molecule has 0 saturated carbocycles. The Morgan fingerprint density at radius 1 is 1.35 bits per heavy atom. The Kier molecular flexibility index (Phi) is 4.42. The summed E-state index contributed by atoms with van der Waals surface area (Å²) in [6.07, 6.45) is 0.